The summed E-state index contributed by atoms with van der Waals surface area (Å²) < 4.78 is 18.3. The van der Waals surface area contributed by atoms with E-state index in [-0.39, 0.29) is 18.3 Å². The fraction of sp³-hybridized carbons (Fsp3) is 0.143. The highest BCUT2D eigenvalue weighted by Gasteiger charge is 2.06. The van der Waals surface area contributed by atoms with Crippen molar-refractivity contribution >= 4 is 11.6 Å². The van der Waals surface area contributed by atoms with Gasteiger partial charge in [0.05, 0.1) is 11.9 Å². The van der Waals surface area contributed by atoms with Gasteiger partial charge in [-0.3, -0.25) is 9.78 Å². The molecule has 0 bridgehead atoms. The summed E-state index contributed by atoms with van der Waals surface area (Å²) in [4.78, 5) is 15.6. The highest BCUT2D eigenvalue weighted by atomic mass is 19.1. The van der Waals surface area contributed by atoms with E-state index in [9.17, 15) is 9.18 Å². The lowest BCUT2D eigenvalue weighted by atomic mass is 10.3. The predicted octanol–water partition coefficient (Wildman–Crippen LogP) is 2.55. The number of amides is 1. The van der Waals surface area contributed by atoms with E-state index in [2.05, 4.69) is 10.3 Å². The second-order valence-corrected chi connectivity index (χ2v) is 4.02. The summed E-state index contributed by atoms with van der Waals surface area (Å²) in [5, 5.41) is 2.62. The molecule has 0 saturated heterocycles. The van der Waals surface area contributed by atoms with E-state index in [1.165, 1.54) is 18.3 Å². The van der Waals surface area contributed by atoms with Crippen LogP contribution in [-0.2, 0) is 4.79 Å². The van der Waals surface area contributed by atoms with Gasteiger partial charge in [0, 0.05) is 6.20 Å². The molecule has 98 valence electrons. The monoisotopic (exact) mass is 260 g/mol. The molecule has 0 saturated carbocycles. The van der Waals surface area contributed by atoms with E-state index in [4.69, 9.17) is 4.74 Å². The van der Waals surface area contributed by atoms with Gasteiger partial charge in [0.2, 0.25) is 0 Å². The maximum absolute atomic E-state index is 13.3. The van der Waals surface area contributed by atoms with Gasteiger partial charge < -0.3 is 10.1 Å². The van der Waals surface area contributed by atoms with Crippen LogP contribution in [0.5, 0.6) is 5.75 Å². The molecule has 1 heterocycles. The third-order valence-corrected chi connectivity index (χ3v) is 2.35. The molecule has 1 aromatic carbocycles. The molecule has 0 fully saturated rings. The molecule has 0 radical (unpaired) electrons. The lowest BCUT2D eigenvalue weighted by Gasteiger charge is -2.08. The first-order valence-corrected chi connectivity index (χ1v) is 5.74. The Balaban J connectivity index is 1.90. The highest BCUT2D eigenvalue weighted by Crippen LogP contribution is 2.15. The van der Waals surface area contributed by atoms with Gasteiger partial charge in [-0.2, -0.15) is 0 Å². The molecule has 1 N–H and O–H groups in total. The number of anilines is 1. The molecule has 0 unspecified atom stereocenters. The SMILES string of the molecule is Cc1cncc(NC(=O)COc2ccccc2F)c1. The summed E-state index contributed by atoms with van der Waals surface area (Å²) in [5.74, 6) is -0.803. The van der Waals surface area contributed by atoms with Crippen molar-refractivity contribution in [3.63, 3.8) is 0 Å². The van der Waals surface area contributed by atoms with Crippen LogP contribution in [0, 0.1) is 12.7 Å². The Hall–Kier alpha value is -2.43. The van der Waals surface area contributed by atoms with Crippen molar-refractivity contribution in [2.24, 2.45) is 0 Å². The molecule has 2 rings (SSSR count). The summed E-state index contributed by atoms with van der Waals surface area (Å²) in [7, 11) is 0. The van der Waals surface area contributed by atoms with Crippen LogP contribution in [0.2, 0.25) is 0 Å². The van der Waals surface area contributed by atoms with Gasteiger partial charge in [0.15, 0.2) is 18.2 Å². The van der Waals surface area contributed by atoms with Gasteiger partial charge in [0.25, 0.3) is 5.91 Å². The zero-order valence-corrected chi connectivity index (χ0v) is 10.4. The molecule has 1 aromatic heterocycles. The molecule has 0 aliphatic rings. The number of hydrogen-bond donors (Lipinski definition) is 1. The Kier molecular flexibility index (Phi) is 4.07. The summed E-state index contributed by atoms with van der Waals surface area (Å²) in [6.45, 7) is 1.62. The number of carbonyl (C=O) groups excluding carboxylic acids is 1. The third kappa shape index (κ3) is 3.77. The smallest absolute Gasteiger partial charge is 0.262 e. The van der Waals surface area contributed by atoms with Crippen molar-refractivity contribution in [2.75, 3.05) is 11.9 Å². The molecular formula is C14H13FN2O2. The second-order valence-electron chi connectivity index (χ2n) is 4.02. The van der Waals surface area contributed by atoms with Crippen LogP contribution >= 0.6 is 0 Å². The van der Waals surface area contributed by atoms with Crippen molar-refractivity contribution in [2.45, 2.75) is 6.92 Å². The van der Waals surface area contributed by atoms with Gasteiger partial charge in [-0.25, -0.2) is 4.39 Å². The minimum absolute atomic E-state index is 0.0556. The molecule has 1 amide bonds. The van der Waals surface area contributed by atoms with Crippen molar-refractivity contribution in [3.05, 3.63) is 54.1 Å². The Morgan fingerprint density at radius 2 is 2.16 bits per heavy atom. The van der Waals surface area contributed by atoms with Crippen LogP contribution in [0.25, 0.3) is 0 Å². The van der Waals surface area contributed by atoms with Crippen molar-refractivity contribution < 1.29 is 13.9 Å². The van der Waals surface area contributed by atoms with E-state index >= 15 is 0 Å². The first kappa shape index (κ1) is 13.0. The minimum atomic E-state index is -0.493. The average Bonchev–Trinajstić information content (AvgIpc) is 2.38. The highest BCUT2D eigenvalue weighted by molar-refractivity contribution is 5.91. The predicted molar refractivity (Wildman–Crippen MR) is 69.5 cm³/mol. The average molecular weight is 260 g/mol. The standard InChI is InChI=1S/C14H13FN2O2/c1-10-6-11(8-16-7-10)17-14(18)9-19-13-5-3-2-4-12(13)15/h2-8H,9H2,1H3,(H,17,18). The molecule has 0 spiro atoms. The fourth-order valence-electron chi connectivity index (χ4n) is 1.53. The number of aryl methyl sites for hydroxylation is 1. The van der Waals surface area contributed by atoms with E-state index in [1.54, 1.807) is 24.4 Å². The molecule has 4 nitrogen and oxygen atoms in total. The molecule has 0 aliphatic carbocycles. The van der Waals surface area contributed by atoms with Crippen LogP contribution in [0.4, 0.5) is 10.1 Å². The first-order chi connectivity index (χ1) is 9.15. The van der Waals surface area contributed by atoms with E-state index < -0.39 is 5.82 Å². The second kappa shape index (κ2) is 5.95. The minimum Gasteiger partial charge on any atom is -0.481 e. The number of hydrogen-bond acceptors (Lipinski definition) is 3. The Morgan fingerprint density at radius 1 is 1.37 bits per heavy atom. The summed E-state index contributed by atoms with van der Waals surface area (Å²) >= 11 is 0. The first-order valence-electron chi connectivity index (χ1n) is 5.74. The topological polar surface area (TPSA) is 51.2 Å². The van der Waals surface area contributed by atoms with Crippen molar-refractivity contribution in [3.8, 4) is 5.75 Å². The van der Waals surface area contributed by atoms with Crippen molar-refractivity contribution in [1.29, 1.82) is 0 Å². The fourth-order valence-corrected chi connectivity index (χ4v) is 1.53. The summed E-state index contributed by atoms with van der Waals surface area (Å²) in [5.41, 5.74) is 1.52. The number of nitrogens with one attached hydrogen (secondary N) is 1. The maximum atomic E-state index is 13.3. The van der Waals surface area contributed by atoms with Crippen LogP contribution in [0.3, 0.4) is 0 Å². The van der Waals surface area contributed by atoms with Gasteiger partial charge in [-0.1, -0.05) is 12.1 Å². The molecule has 19 heavy (non-hydrogen) atoms. The van der Waals surface area contributed by atoms with E-state index in [1.807, 2.05) is 6.92 Å². The number of benzene rings is 1. The van der Waals surface area contributed by atoms with Crippen LogP contribution in [-0.4, -0.2) is 17.5 Å². The number of pyridine rings is 1. The summed E-state index contributed by atoms with van der Waals surface area (Å²) in [6.07, 6.45) is 3.22. The van der Waals surface area contributed by atoms with Gasteiger partial charge >= 0.3 is 0 Å². The lowest BCUT2D eigenvalue weighted by molar-refractivity contribution is -0.118. The Morgan fingerprint density at radius 3 is 2.89 bits per heavy atom. The van der Waals surface area contributed by atoms with Crippen LogP contribution < -0.4 is 10.1 Å². The van der Waals surface area contributed by atoms with Gasteiger partial charge in [-0.05, 0) is 30.7 Å². The lowest BCUT2D eigenvalue weighted by Crippen LogP contribution is -2.20. The Bertz CT molecular complexity index is 587. The zero-order chi connectivity index (χ0) is 13.7. The third-order valence-electron chi connectivity index (χ3n) is 2.35. The van der Waals surface area contributed by atoms with Gasteiger partial charge in [0.1, 0.15) is 0 Å². The number of para-hydroxylation sites is 1. The molecule has 0 aliphatic heterocycles. The number of ether oxygens (including phenoxy) is 1. The zero-order valence-electron chi connectivity index (χ0n) is 10.4. The van der Waals surface area contributed by atoms with Crippen LogP contribution in [0.1, 0.15) is 5.56 Å². The molecule has 2 aromatic rings. The summed E-state index contributed by atoms with van der Waals surface area (Å²) in [6, 6.07) is 7.73. The number of aromatic nitrogens is 1. The molecular weight excluding hydrogens is 247 g/mol. The van der Waals surface area contributed by atoms with Crippen LogP contribution in [0.15, 0.2) is 42.7 Å². The maximum Gasteiger partial charge on any atom is 0.262 e. The van der Waals surface area contributed by atoms with Crippen molar-refractivity contribution in [1.82, 2.24) is 4.98 Å². The number of carbonyl (C=O) groups is 1. The molecule has 0 atom stereocenters. The van der Waals surface area contributed by atoms with Gasteiger partial charge in [-0.15, -0.1) is 0 Å². The molecule has 5 heteroatoms. The number of nitrogens with zero attached hydrogens (tertiary/aromatic N) is 1. The number of rotatable bonds is 4. The van der Waals surface area contributed by atoms with E-state index in [0.717, 1.165) is 5.56 Å². The largest absolute Gasteiger partial charge is 0.481 e. The normalized spacial score (nSPS) is 10.0. The Labute approximate surface area is 110 Å². The quantitative estimate of drug-likeness (QED) is 0.919. The number of halogens is 1. The van der Waals surface area contributed by atoms with E-state index in [0.29, 0.717) is 5.69 Å².